The zero-order valence-electron chi connectivity index (χ0n) is 9.35. The Morgan fingerprint density at radius 1 is 0.722 bits per heavy atom. The summed E-state index contributed by atoms with van der Waals surface area (Å²) in [5.41, 5.74) is 0.914. The average molecular weight is 252 g/mol. The van der Waals surface area contributed by atoms with E-state index in [1.54, 1.807) is 0 Å². The second kappa shape index (κ2) is 5.23. The summed E-state index contributed by atoms with van der Waals surface area (Å²) in [7, 11) is 0. The Hall–Kier alpha value is -1.81. The fraction of sp³-hybridized carbons (Fsp3) is 0.143. The number of aliphatic hydroxyl groups excluding tert-OH is 1. The Balaban J connectivity index is 2.23. The minimum atomic E-state index is -2.53. The van der Waals surface area contributed by atoms with Crippen LogP contribution in [0.3, 0.4) is 0 Å². The molecule has 2 aromatic carbocycles. The third-order valence-corrected chi connectivity index (χ3v) is 2.69. The molecule has 94 valence electrons. The van der Waals surface area contributed by atoms with E-state index in [9.17, 15) is 18.3 Å². The number of hydrogen-bond donors (Lipinski definition) is 1. The van der Waals surface area contributed by atoms with E-state index >= 15 is 0 Å². The zero-order chi connectivity index (χ0) is 13.1. The Bertz CT molecular complexity index is 506. The molecule has 0 heterocycles. The van der Waals surface area contributed by atoms with Gasteiger partial charge < -0.3 is 5.11 Å². The van der Waals surface area contributed by atoms with Crippen LogP contribution in [0.25, 0.3) is 0 Å². The summed E-state index contributed by atoms with van der Waals surface area (Å²) < 4.78 is 37.5. The van der Waals surface area contributed by atoms with Gasteiger partial charge in [0.15, 0.2) is 0 Å². The van der Waals surface area contributed by atoms with Crippen LogP contribution in [-0.4, -0.2) is 5.11 Å². The van der Waals surface area contributed by atoms with E-state index < -0.39 is 12.5 Å². The van der Waals surface area contributed by atoms with Gasteiger partial charge in [-0.2, -0.15) is 0 Å². The summed E-state index contributed by atoms with van der Waals surface area (Å²) in [5, 5.41) is 10.0. The second-order valence-corrected chi connectivity index (χ2v) is 3.92. The van der Waals surface area contributed by atoms with Gasteiger partial charge in [0, 0.05) is 5.56 Å². The number of hydrogen-bond acceptors (Lipinski definition) is 1. The highest BCUT2D eigenvalue weighted by Crippen LogP contribution is 2.25. The van der Waals surface area contributed by atoms with Gasteiger partial charge in [0.05, 0.1) is 0 Å². The molecule has 0 aliphatic heterocycles. The van der Waals surface area contributed by atoms with Gasteiger partial charge in [0.2, 0.25) is 0 Å². The molecule has 0 saturated heterocycles. The molecule has 18 heavy (non-hydrogen) atoms. The molecule has 0 amide bonds. The molecular formula is C14H11F3O. The zero-order valence-corrected chi connectivity index (χ0v) is 9.35. The molecule has 0 aromatic heterocycles. The van der Waals surface area contributed by atoms with E-state index in [4.69, 9.17) is 0 Å². The van der Waals surface area contributed by atoms with Gasteiger partial charge in [0.25, 0.3) is 6.43 Å². The van der Waals surface area contributed by atoms with Crippen LogP contribution in [0.2, 0.25) is 0 Å². The monoisotopic (exact) mass is 252 g/mol. The topological polar surface area (TPSA) is 20.2 Å². The van der Waals surface area contributed by atoms with Gasteiger partial charge in [0.1, 0.15) is 11.9 Å². The minimum absolute atomic E-state index is 0.0925. The van der Waals surface area contributed by atoms with Gasteiger partial charge in [-0.15, -0.1) is 0 Å². The minimum Gasteiger partial charge on any atom is -0.384 e. The van der Waals surface area contributed by atoms with Crippen LogP contribution in [0.5, 0.6) is 0 Å². The fourth-order valence-electron chi connectivity index (χ4n) is 1.66. The first-order chi connectivity index (χ1) is 8.58. The lowest BCUT2D eigenvalue weighted by molar-refractivity contribution is 0.151. The maximum atomic E-state index is 12.7. The number of aliphatic hydroxyl groups is 1. The molecule has 2 aromatic rings. The van der Waals surface area contributed by atoms with Crippen molar-refractivity contribution in [1.29, 1.82) is 0 Å². The predicted octanol–water partition coefficient (Wildman–Crippen LogP) is 3.85. The van der Waals surface area contributed by atoms with Crippen LogP contribution in [-0.2, 0) is 0 Å². The van der Waals surface area contributed by atoms with Crippen LogP contribution in [0.1, 0.15) is 29.2 Å². The van der Waals surface area contributed by atoms with Gasteiger partial charge in [-0.3, -0.25) is 0 Å². The Kier molecular flexibility index (Phi) is 3.67. The molecule has 0 aliphatic carbocycles. The van der Waals surface area contributed by atoms with Crippen molar-refractivity contribution < 1.29 is 18.3 Å². The number of halogens is 3. The van der Waals surface area contributed by atoms with E-state index in [0.717, 1.165) is 0 Å². The lowest BCUT2D eigenvalue weighted by Crippen LogP contribution is -2.00. The summed E-state index contributed by atoms with van der Waals surface area (Å²) in [6.45, 7) is 0. The van der Waals surface area contributed by atoms with Crippen molar-refractivity contribution >= 4 is 0 Å². The van der Waals surface area contributed by atoms with Crippen LogP contribution in [0.4, 0.5) is 13.2 Å². The molecule has 4 heteroatoms. The third kappa shape index (κ3) is 2.71. The average Bonchev–Trinajstić information content (AvgIpc) is 2.39. The van der Waals surface area contributed by atoms with Crippen molar-refractivity contribution in [3.63, 3.8) is 0 Å². The SMILES string of the molecule is OC(c1ccc(F)cc1)c1ccc(C(F)F)cc1. The molecular weight excluding hydrogens is 241 g/mol. The molecule has 1 nitrogen and oxygen atoms in total. The Labute approximate surface area is 103 Å². The van der Waals surface area contributed by atoms with Crippen molar-refractivity contribution in [2.45, 2.75) is 12.5 Å². The van der Waals surface area contributed by atoms with Gasteiger partial charge in [-0.05, 0) is 23.3 Å². The van der Waals surface area contributed by atoms with Gasteiger partial charge in [-0.1, -0.05) is 36.4 Å². The highest BCUT2D eigenvalue weighted by atomic mass is 19.3. The molecule has 1 N–H and O–H groups in total. The summed E-state index contributed by atoms with van der Waals surface area (Å²) in [6.07, 6.45) is -3.47. The first-order valence-corrected chi connectivity index (χ1v) is 5.39. The Morgan fingerprint density at radius 2 is 1.11 bits per heavy atom. The summed E-state index contributed by atoms with van der Waals surface area (Å²) in [6, 6.07) is 10.8. The molecule has 0 bridgehead atoms. The second-order valence-electron chi connectivity index (χ2n) is 3.92. The van der Waals surface area contributed by atoms with Crippen LogP contribution in [0.15, 0.2) is 48.5 Å². The van der Waals surface area contributed by atoms with Crippen molar-refractivity contribution in [3.8, 4) is 0 Å². The van der Waals surface area contributed by atoms with Crippen LogP contribution >= 0.6 is 0 Å². The van der Waals surface area contributed by atoms with E-state index in [1.807, 2.05) is 0 Å². The molecule has 2 rings (SSSR count). The molecule has 0 fully saturated rings. The lowest BCUT2D eigenvalue weighted by atomic mass is 10.0. The first kappa shape index (κ1) is 12.6. The van der Waals surface area contributed by atoms with E-state index in [1.165, 1.54) is 48.5 Å². The Morgan fingerprint density at radius 3 is 1.56 bits per heavy atom. The molecule has 0 radical (unpaired) electrons. The largest absolute Gasteiger partial charge is 0.384 e. The van der Waals surface area contributed by atoms with Crippen molar-refractivity contribution in [2.24, 2.45) is 0 Å². The maximum absolute atomic E-state index is 12.7. The molecule has 0 aliphatic rings. The first-order valence-electron chi connectivity index (χ1n) is 5.39. The van der Waals surface area contributed by atoms with Gasteiger partial charge >= 0.3 is 0 Å². The van der Waals surface area contributed by atoms with Crippen molar-refractivity contribution in [3.05, 3.63) is 71.0 Å². The van der Waals surface area contributed by atoms with Crippen molar-refractivity contribution in [2.75, 3.05) is 0 Å². The van der Waals surface area contributed by atoms with E-state index in [-0.39, 0.29) is 11.4 Å². The van der Waals surface area contributed by atoms with E-state index in [2.05, 4.69) is 0 Å². The summed E-state index contributed by atoms with van der Waals surface area (Å²) in [4.78, 5) is 0. The lowest BCUT2D eigenvalue weighted by Gasteiger charge is -2.12. The highest BCUT2D eigenvalue weighted by Gasteiger charge is 2.12. The molecule has 1 atom stereocenters. The molecule has 1 unspecified atom stereocenters. The van der Waals surface area contributed by atoms with Crippen LogP contribution in [0, 0.1) is 5.82 Å². The number of alkyl halides is 2. The molecule has 0 spiro atoms. The predicted molar refractivity (Wildman–Crippen MR) is 61.9 cm³/mol. The van der Waals surface area contributed by atoms with E-state index in [0.29, 0.717) is 11.1 Å². The quantitative estimate of drug-likeness (QED) is 0.879. The smallest absolute Gasteiger partial charge is 0.263 e. The number of benzene rings is 2. The summed E-state index contributed by atoms with van der Waals surface area (Å²) >= 11 is 0. The highest BCUT2D eigenvalue weighted by molar-refractivity contribution is 5.32. The molecule has 0 saturated carbocycles. The van der Waals surface area contributed by atoms with Crippen molar-refractivity contribution in [1.82, 2.24) is 0 Å². The third-order valence-electron chi connectivity index (χ3n) is 2.69. The fourth-order valence-corrected chi connectivity index (χ4v) is 1.66. The maximum Gasteiger partial charge on any atom is 0.263 e. The van der Waals surface area contributed by atoms with Crippen LogP contribution < -0.4 is 0 Å². The van der Waals surface area contributed by atoms with Gasteiger partial charge in [-0.25, -0.2) is 13.2 Å². The standard InChI is InChI=1S/C14H11F3O/c15-12-7-5-10(6-8-12)13(18)9-1-3-11(4-2-9)14(16)17/h1-8,13-14,18H. The summed E-state index contributed by atoms with van der Waals surface area (Å²) in [5.74, 6) is -0.390. The number of rotatable bonds is 3. The normalized spacial score (nSPS) is 12.7.